The van der Waals surface area contributed by atoms with Crippen molar-refractivity contribution in [3.8, 4) is 0 Å². The van der Waals surface area contributed by atoms with Gasteiger partial charge in [-0.15, -0.1) is 0 Å². The Balaban J connectivity index is 2.49. The van der Waals surface area contributed by atoms with Crippen LogP contribution < -0.4 is 10.5 Å². The van der Waals surface area contributed by atoms with Gasteiger partial charge in [-0.1, -0.05) is 23.2 Å². The Labute approximate surface area is 126 Å². The predicted molar refractivity (Wildman–Crippen MR) is 79.7 cm³/mol. The van der Waals surface area contributed by atoms with Gasteiger partial charge in [0.05, 0.1) is 32.8 Å². The molecule has 1 aromatic heterocycles. The molecular formula is C11H12Cl2N4O2S. The zero-order valence-corrected chi connectivity index (χ0v) is 13.0. The Kier molecular flexibility index (Phi) is 3.86. The van der Waals surface area contributed by atoms with Crippen molar-refractivity contribution in [2.75, 3.05) is 10.5 Å². The molecule has 0 saturated carbocycles. The van der Waals surface area contributed by atoms with Crippen molar-refractivity contribution in [2.24, 2.45) is 0 Å². The molecule has 108 valence electrons. The lowest BCUT2D eigenvalue weighted by atomic mass is 10.3. The topological polar surface area (TPSA) is 101 Å². The van der Waals surface area contributed by atoms with Crippen LogP contribution in [-0.4, -0.2) is 18.6 Å². The summed E-state index contributed by atoms with van der Waals surface area (Å²) >= 11 is 11.7. The van der Waals surface area contributed by atoms with Gasteiger partial charge in [-0.05, 0) is 26.0 Å². The number of benzene rings is 1. The maximum Gasteiger partial charge on any atom is 0.263 e. The summed E-state index contributed by atoms with van der Waals surface area (Å²) in [4.78, 5) is -0.138. The van der Waals surface area contributed by atoms with E-state index in [1.54, 1.807) is 13.8 Å². The maximum absolute atomic E-state index is 12.4. The fourth-order valence-electron chi connectivity index (χ4n) is 1.65. The van der Waals surface area contributed by atoms with E-state index in [4.69, 9.17) is 28.9 Å². The molecule has 0 aliphatic carbocycles. The Bertz CT molecular complexity index is 751. The van der Waals surface area contributed by atoms with Crippen LogP contribution in [0.2, 0.25) is 10.0 Å². The fourth-order valence-corrected chi connectivity index (χ4v) is 3.60. The van der Waals surface area contributed by atoms with Crippen molar-refractivity contribution >= 4 is 44.6 Å². The van der Waals surface area contributed by atoms with Gasteiger partial charge in [0.15, 0.2) is 0 Å². The number of hydrogen-bond acceptors (Lipinski definition) is 4. The maximum atomic E-state index is 12.4. The summed E-state index contributed by atoms with van der Waals surface area (Å²) in [7, 11) is -3.88. The molecule has 0 saturated heterocycles. The normalized spacial score (nSPS) is 11.6. The Hall–Kier alpha value is -1.44. The predicted octanol–water partition coefficient (Wildman–Crippen LogP) is 2.72. The number of aromatic amines is 1. The highest BCUT2D eigenvalue weighted by atomic mass is 35.5. The van der Waals surface area contributed by atoms with Crippen LogP contribution in [0.15, 0.2) is 17.0 Å². The summed E-state index contributed by atoms with van der Waals surface area (Å²) in [6.07, 6.45) is 0. The minimum atomic E-state index is -3.88. The van der Waals surface area contributed by atoms with Crippen molar-refractivity contribution in [1.82, 2.24) is 10.2 Å². The van der Waals surface area contributed by atoms with Gasteiger partial charge in [0, 0.05) is 0 Å². The molecule has 0 fully saturated rings. The van der Waals surface area contributed by atoms with Crippen LogP contribution in [0.3, 0.4) is 0 Å². The van der Waals surface area contributed by atoms with E-state index in [0.29, 0.717) is 17.1 Å². The van der Waals surface area contributed by atoms with Gasteiger partial charge in [-0.25, -0.2) is 8.42 Å². The summed E-state index contributed by atoms with van der Waals surface area (Å²) in [5, 5.41) is 6.70. The number of halogens is 2. The molecule has 0 aliphatic heterocycles. The van der Waals surface area contributed by atoms with Crippen molar-refractivity contribution in [1.29, 1.82) is 0 Å². The summed E-state index contributed by atoms with van der Waals surface area (Å²) in [6.45, 7) is 3.38. The molecule has 0 bridgehead atoms. The molecular weight excluding hydrogens is 323 g/mol. The highest BCUT2D eigenvalue weighted by Gasteiger charge is 2.23. The number of nitrogen functional groups attached to an aromatic ring is 1. The highest BCUT2D eigenvalue weighted by molar-refractivity contribution is 7.92. The van der Waals surface area contributed by atoms with Crippen molar-refractivity contribution in [3.05, 3.63) is 33.6 Å². The number of sulfonamides is 1. The quantitative estimate of drug-likeness (QED) is 0.751. The third kappa shape index (κ3) is 2.56. The van der Waals surface area contributed by atoms with Crippen molar-refractivity contribution < 1.29 is 8.42 Å². The van der Waals surface area contributed by atoms with E-state index >= 15 is 0 Å². The van der Waals surface area contributed by atoms with Gasteiger partial charge in [0.25, 0.3) is 10.0 Å². The summed E-state index contributed by atoms with van der Waals surface area (Å²) in [5.41, 5.74) is 7.18. The highest BCUT2D eigenvalue weighted by Crippen LogP contribution is 2.34. The number of aromatic nitrogens is 2. The first kappa shape index (κ1) is 15.0. The van der Waals surface area contributed by atoms with E-state index in [-0.39, 0.29) is 20.6 Å². The second kappa shape index (κ2) is 5.16. The first-order chi connectivity index (χ1) is 9.24. The number of H-pyrrole nitrogens is 1. The molecule has 2 rings (SSSR count). The lowest BCUT2D eigenvalue weighted by molar-refractivity contribution is 0.601. The SMILES string of the molecule is Cc1n[nH]c(C)c1NS(=O)(=O)c1ccc(Cl)c(N)c1Cl. The van der Waals surface area contributed by atoms with Crippen LogP contribution in [0.1, 0.15) is 11.4 Å². The van der Waals surface area contributed by atoms with Crippen LogP contribution >= 0.6 is 23.2 Å². The average molecular weight is 335 g/mol. The van der Waals surface area contributed by atoms with Crippen LogP contribution in [0.5, 0.6) is 0 Å². The second-order valence-electron chi connectivity index (χ2n) is 4.19. The van der Waals surface area contributed by atoms with Gasteiger partial charge in [-0.3, -0.25) is 9.82 Å². The molecule has 0 atom stereocenters. The Morgan fingerprint density at radius 2 is 1.95 bits per heavy atom. The minimum Gasteiger partial charge on any atom is -0.396 e. The molecule has 20 heavy (non-hydrogen) atoms. The largest absolute Gasteiger partial charge is 0.396 e. The van der Waals surface area contributed by atoms with Crippen LogP contribution in [-0.2, 0) is 10.0 Å². The number of nitrogens with one attached hydrogen (secondary N) is 2. The van der Waals surface area contributed by atoms with Crippen LogP contribution in [0.4, 0.5) is 11.4 Å². The van der Waals surface area contributed by atoms with E-state index < -0.39 is 10.0 Å². The third-order valence-corrected chi connectivity index (χ3v) is 4.99. The molecule has 6 nitrogen and oxygen atoms in total. The smallest absolute Gasteiger partial charge is 0.263 e. The molecule has 0 spiro atoms. The average Bonchev–Trinajstić information content (AvgIpc) is 2.67. The van der Waals surface area contributed by atoms with E-state index in [1.807, 2.05) is 0 Å². The molecule has 0 amide bonds. The Morgan fingerprint density at radius 1 is 1.30 bits per heavy atom. The van der Waals surface area contributed by atoms with Gasteiger partial charge in [0.2, 0.25) is 0 Å². The third-order valence-electron chi connectivity index (χ3n) is 2.75. The minimum absolute atomic E-state index is 0.0249. The number of hydrogen-bond donors (Lipinski definition) is 3. The lowest BCUT2D eigenvalue weighted by Crippen LogP contribution is -2.15. The van der Waals surface area contributed by atoms with E-state index in [9.17, 15) is 8.42 Å². The van der Waals surface area contributed by atoms with Crippen molar-refractivity contribution in [2.45, 2.75) is 18.7 Å². The second-order valence-corrected chi connectivity index (χ2v) is 6.62. The molecule has 0 unspecified atom stereocenters. The first-order valence-corrected chi connectivity index (χ1v) is 7.76. The number of nitrogens with two attached hydrogens (primary N) is 1. The molecule has 9 heteroatoms. The first-order valence-electron chi connectivity index (χ1n) is 5.52. The summed E-state index contributed by atoms with van der Waals surface area (Å²) in [5.74, 6) is 0. The van der Waals surface area contributed by atoms with Gasteiger partial charge in [0.1, 0.15) is 4.90 Å². The number of rotatable bonds is 3. The number of nitrogens with zero attached hydrogens (tertiary/aromatic N) is 1. The zero-order chi connectivity index (χ0) is 15.1. The van der Waals surface area contributed by atoms with Gasteiger partial charge < -0.3 is 5.73 Å². The molecule has 4 N–H and O–H groups in total. The van der Waals surface area contributed by atoms with Gasteiger partial charge >= 0.3 is 0 Å². The Morgan fingerprint density at radius 3 is 2.50 bits per heavy atom. The standard InChI is InChI=1S/C11H12Cl2N4O2S/c1-5-11(6(2)16-15-5)17-20(18,19)8-4-3-7(12)10(14)9(8)13/h3-4,17H,14H2,1-2H3,(H,15,16). The molecule has 0 aliphatic rings. The summed E-state index contributed by atoms with van der Waals surface area (Å²) < 4.78 is 27.1. The molecule has 0 radical (unpaired) electrons. The van der Waals surface area contributed by atoms with Crippen molar-refractivity contribution in [3.63, 3.8) is 0 Å². The van der Waals surface area contributed by atoms with E-state index in [2.05, 4.69) is 14.9 Å². The molecule has 1 aromatic carbocycles. The van der Waals surface area contributed by atoms with Crippen LogP contribution in [0.25, 0.3) is 0 Å². The lowest BCUT2D eigenvalue weighted by Gasteiger charge is -2.11. The summed E-state index contributed by atoms with van der Waals surface area (Å²) in [6, 6.07) is 2.68. The number of anilines is 2. The fraction of sp³-hybridized carbons (Fsp3) is 0.182. The van der Waals surface area contributed by atoms with E-state index in [0.717, 1.165) is 0 Å². The van der Waals surface area contributed by atoms with Crippen LogP contribution in [0, 0.1) is 13.8 Å². The monoisotopic (exact) mass is 334 g/mol. The molecule has 2 aromatic rings. The van der Waals surface area contributed by atoms with E-state index in [1.165, 1.54) is 12.1 Å². The number of aryl methyl sites for hydroxylation is 2. The molecule has 1 heterocycles. The zero-order valence-electron chi connectivity index (χ0n) is 10.7. The van der Waals surface area contributed by atoms with Gasteiger partial charge in [-0.2, -0.15) is 5.10 Å².